The number of piperidine rings is 1. The molecule has 1 amide bonds. The molecule has 3 aromatic rings. The third-order valence-corrected chi connectivity index (χ3v) is 5.38. The minimum atomic E-state index is -0.139. The number of rotatable bonds is 6. The van der Waals surface area contributed by atoms with Crippen molar-refractivity contribution >= 4 is 11.6 Å². The van der Waals surface area contributed by atoms with Gasteiger partial charge >= 0.3 is 0 Å². The van der Waals surface area contributed by atoms with Gasteiger partial charge in [0.2, 0.25) is 5.91 Å². The first-order valence-corrected chi connectivity index (χ1v) is 10.2. The van der Waals surface area contributed by atoms with Gasteiger partial charge in [0.05, 0.1) is 24.3 Å². The van der Waals surface area contributed by atoms with Crippen LogP contribution in [0, 0.1) is 5.92 Å². The first kappa shape index (κ1) is 19.8. The summed E-state index contributed by atoms with van der Waals surface area (Å²) in [6.45, 7) is 2.32. The van der Waals surface area contributed by atoms with Gasteiger partial charge in [-0.1, -0.05) is 36.4 Å². The molecule has 1 saturated heterocycles. The Morgan fingerprint density at radius 1 is 1.10 bits per heavy atom. The monoisotopic (exact) mass is 403 g/mol. The Bertz CT molecular complexity index is 1040. The molecule has 1 fully saturated rings. The van der Waals surface area contributed by atoms with Crippen LogP contribution >= 0.6 is 0 Å². The van der Waals surface area contributed by atoms with Crippen LogP contribution < -0.4 is 15.8 Å². The third kappa shape index (κ3) is 4.92. The van der Waals surface area contributed by atoms with Crippen LogP contribution in [0.2, 0.25) is 0 Å². The number of pyridine rings is 1. The molecule has 7 heteroatoms. The third-order valence-electron chi connectivity index (χ3n) is 5.38. The summed E-state index contributed by atoms with van der Waals surface area (Å²) < 4.78 is 1.46. The van der Waals surface area contributed by atoms with Gasteiger partial charge in [-0.2, -0.15) is 5.10 Å². The van der Waals surface area contributed by atoms with Crippen molar-refractivity contribution in [1.82, 2.24) is 20.1 Å². The topological polar surface area (TPSA) is 80.1 Å². The number of carbonyl (C=O) groups excluding carboxylic acids is 1. The molecule has 7 nitrogen and oxygen atoms in total. The van der Waals surface area contributed by atoms with E-state index in [9.17, 15) is 9.59 Å². The minimum Gasteiger partial charge on any atom is -0.369 e. The van der Waals surface area contributed by atoms with Crippen LogP contribution in [0.15, 0.2) is 71.9 Å². The van der Waals surface area contributed by atoms with Crippen molar-refractivity contribution in [3.05, 3.63) is 88.6 Å². The summed E-state index contributed by atoms with van der Waals surface area (Å²) in [5.74, 6) is -0.0731. The maximum Gasteiger partial charge on any atom is 0.269 e. The highest BCUT2D eigenvalue weighted by atomic mass is 16.2. The lowest BCUT2D eigenvalue weighted by Crippen LogP contribution is -2.43. The van der Waals surface area contributed by atoms with Gasteiger partial charge in [-0.15, -0.1) is 0 Å². The molecule has 0 saturated carbocycles. The number of benzene rings is 1. The van der Waals surface area contributed by atoms with Crippen LogP contribution in [0.4, 0.5) is 5.69 Å². The van der Waals surface area contributed by atoms with Crippen molar-refractivity contribution < 1.29 is 4.79 Å². The lowest BCUT2D eigenvalue weighted by molar-refractivity contribution is -0.125. The number of nitrogens with one attached hydrogen (secondary N) is 1. The Morgan fingerprint density at radius 3 is 2.70 bits per heavy atom. The number of amides is 1. The fourth-order valence-electron chi connectivity index (χ4n) is 3.73. The zero-order valence-electron chi connectivity index (χ0n) is 16.8. The van der Waals surface area contributed by atoms with E-state index in [1.165, 1.54) is 4.68 Å². The molecule has 0 spiro atoms. The smallest absolute Gasteiger partial charge is 0.269 e. The summed E-state index contributed by atoms with van der Waals surface area (Å²) in [6.07, 6.45) is 6.93. The molecule has 1 atom stereocenters. The minimum absolute atomic E-state index is 0.0360. The molecule has 1 N–H and O–H groups in total. The molecule has 0 radical (unpaired) electrons. The molecule has 0 unspecified atom stereocenters. The molecule has 1 aliphatic rings. The normalized spacial score (nSPS) is 16.3. The molecular formula is C23H25N5O2. The second kappa shape index (κ2) is 9.35. The van der Waals surface area contributed by atoms with Gasteiger partial charge in [-0.25, -0.2) is 4.68 Å². The van der Waals surface area contributed by atoms with Crippen molar-refractivity contribution in [2.75, 3.05) is 18.0 Å². The molecule has 30 heavy (non-hydrogen) atoms. The van der Waals surface area contributed by atoms with Gasteiger partial charge in [0, 0.05) is 38.1 Å². The van der Waals surface area contributed by atoms with E-state index in [-0.39, 0.29) is 17.4 Å². The van der Waals surface area contributed by atoms with Gasteiger partial charge in [-0.05, 0) is 30.0 Å². The largest absolute Gasteiger partial charge is 0.369 e. The summed E-state index contributed by atoms with van der Waals surface area (Å²) >= 11 is 0. The van der Waals surface area contributed by atoms with Crippen LogP contribution in [-0.2, 0) is 17.9 Å². The highest BCUT2D eigenvalue weighted by Crippen LogP contribution is 2.22. The SMILES string of the molecule is O=C(NCc1cccnc1)[C@@H]1CCCN(c2cnn(Cc3ccccc3)c(=O)c2)C1. The van der Waals surface area contributed by atoms with Gasteiger partial charge in [0.15, 0.2) is 0 Å². The van der Waals surface area contributed by atoms with E-state index in [1.807, 2.05) is 42.5 Å². The van der Waals surface area contributed by atoms with Crippen LogP contribution in [-0.4, -0.2) is 33.8 Å². The summed E-state index contributed by atoms with van der Waals surface area (Å²) in [4.78, 5) is 31.3. The number of hydrogen-bond acceptors (Lipinski definition) is 5. The van der Waals surface area contributed by atoms with Gasteiger partial charge in [0.1, 0.15) is 0 Å². The van der Waals surface area contributed by atoms with Crippen LogP contribution in [0.3, 0.4) is 0 Å². The van der Waals surface area contributed by atoms with E-state index in [0.29, 0.717) is 19.6 Å². The van der Waals surface area contributed by atoms with Gasteiger partial charge < -0.3 is 10.2 Å². The Morgan fingerprint density at radius 2 is 1.93 bits per heavy atom. The average molecular weight is 403 g/mol. The lowest BCUT2D eigenvalue weighted by Gasteiger charge is -2.33. The lowest BCUT2D eigenvalue weighted by atomic mass is 9.96. The van der Waals surface area contributed by atoms with Crippen LogP contribution in [0.25, 0.3) is 0 Å². The highest BCUT2D eigenvalue weighted by Gasteiger charge is 2.26. The van der Waals surface area contributed by atoms with Gasteiger partial charge in [0.25, 0.3) is 5.56 Å². The first-order valence-electron chi connectivity index (χ1n) is 10.2. The first-order chi connectivity index (χ1) is 14.7. The predicted molar refractivity (Wildman–Crippen MR) is 115 cm³/mol. The van der Waals surface area contributed by atoms with Crippen molar-refractivity contribution in [2.45, 2.75) is 25.9 Å². The second-order valence-corrected chi connectivity index (χ2v) is 7.56. The molecule has 4 rings (SSSR count). The number of nitrogens with zero attached hydrogens (tertiary/aromatic N) is 4. The van der Waals surface area contributed by atoms with E-state index < -0.39 is 0 Å². The van der Waals surface area contributed by atoms with Crippen LogP contribution in [0.5, 0.6) is 0 Å². The molecule has 3 heterocycles. The van der Waals surface area contributed by atoms with Crippen molar-refractivity contribution in [2.24, 2.45) is 5.92 Å². The van der Waals surface area contributed by atoms with Crippen molar-refractivity contribution in [1.29, 1.82) is 0 Å². The predicted octanol–water partition coefficient (Wildman–Crippen LogP) is 2.22. The number of hydrogen-bond donors (Lipinski definition) is 1. The maximum absolute atomic E-state index is 12.6. The number of aromatic nitrogens is 3. The Labute approximate surface area is 175 Å². The summed E-state index contributed by atoms with van der Waals surface area (Å²) in [5.41, 5.74) is 2.64. The summed E-state index contributed by atoms with van der Waals surface area (Å²) in [5, 5.41) is 7.35. The number of carbonyl (C=O) groups is 1. The fraction of sp³-hybridized carbons (Fsp3) is 0.304. The zero-order chi connectivity index (χ0) is 20.8. The van der Waals surface area contributed by atoms with E-state index in [0.717, 1.165) is 36.2 Å². The molecule has 1 aliphatic heterocycles. The second-order valence-electron chi connectivity index (χ2n) is 7.56. The maximum atomic E-state index is 12.6. The number of anilines is 1. The van der Waals surface area contributed by atoms with E-state index in [1.54, 1.807) is 24.7 Å². The fourth-order valence-corrected chi connectivity index (χ4v) is 3.73. The van der Waals surface area contributed by atoms with Crippen molar-refractivity contribution in [3.8, 4) is 0 Å². The molecule has 1 aromatic carbocycles. The van der Waals surface area contributed by atoms with E-state index >= 15 is 0 Å². The summed E-state index contributed by atoms with van der Waals surface area (Å²) in [6, 6.07) is 15.2. The molecule has 0 aliphatic carbocycles. The van der Waals surface area contributed by atoms with Gasteiger partial charge in [-0.3, -0.25) is 14.6 Å². The zero-order valence-corrected chi connectivity index (χ0v) is 16.8. The van der Waals surface area contributed by atoms with Crippen LogP contribution in [0.1, 0.15) is 24.0 Å². The molecule has 0 bridgehead atoms. The standard InChI is InChI=1S/C23H25N5O2/c29-22-12-21(15-26-28(22)16-18-6-2-1-3-7-18)27-11-5-9-20(17-27)23(30)25-14-19-8-4-10-24-13-19/h1-4,6-8,10,12-13,15,20H,5,9,11,14,16-17H2,(H,25,30)/t20-/m1/s1. The summed E-state index contributed by atoms with van der Waals surface area (Å²) in [7, 11) is 0. The van der Waals surface area contributed by atoms with E-state index in [4.69, 9.17) is 0 Å². The molecule has 2 aromatic heterocycles. The van der Waals surface area contributed by atoms with E-state index in [2.05, 4.69) is 20.3 Å². The van der Waals surface area contributed by atoms with Crippen molar-refractivity contribution in [3.63, 3.8) is 0 Å². The molecule has 154 valence electrons. The average Bonchev–Trinajstić information content (AvgIpc) is 2.80. The quantitative estimate of drug-likeness (QED) is 0.683. The molecular weight excluding hydrogens is 378 g/mol. The Hall–Kier alpha value is -3.48. The Balaban J connectivity index is 1.38. The highest BCUT2D eigenvalue weighted by molar-refractivity contribution is 5.79. The Kier molecular flexibility index (Phi) is 6.17.